The zero-order valence-electron chi connectivity index (χ0n) is 14.1. The lowest BCUT2D eigenvalue weighted by Crippen LogP contribution is -2.25. The Balaban J connectivity index is 2.36. The molecule has 1 aliphatic rings. The fourth-order valence-electron chi connectivity index (χ4n) is 2.26. The van der Waals surface area contributed by atoms with Gasteiger partial charge in [0.1, 0.15) is 6.10 Å². The van der Waals surface area contributed by atoms with Gasteiger partial charge in [-0.3, -0.25) is 0 Å². The summed E-state index contributed by atoms with van der Waals surface area (Å²) >= 11 is 0. The van der Waals surface area contributed by atoms with Gasteiger partial charge in [-0.15, -0.1) is 0 Å². The van der Waals surface area contributed by atoms with Crippen molar-refractivity contribution in [3.63, 3.8) is 0 Å². The van der Waals surface area contributed by atoms with Crippen LogP contribution in [-0.2, 0) is 9.53 Å². The summed E-state index contributed by atoms with van der Waals surface area (Å²) in [6.07, 6.45) is 14.6. The van der Waals surface area contributed by atoms with Crippen molar-refractivity contribution < 1.29 is 9.53 Å². The van der Waals surface area contributed by atoms with E-state index in [1.165, 1.54) is 12.2 Å². The Labute approximate surface area is 148 Å². The number of ether oxygens (including phenoxy) is 1. The SMILES string of the molecule is C=CC=CC(C=Cc1ccccc1)=C(C=CC#N)C(=O)OC1CCC1. The van der Waals surface area contributed by atoms with Gasteiger partial charge in [-0.2, -0.15) is 5.26 Å². The summed E-state index contributed by atoms with van der Waals surface area (Å²) in [5.74, 6) is -0.405. The second-order valence-electron chi connectivity index (χ2n) is 5.63. The number of hydrogen-bond acceptors (Lipinski definition) is 3. The summed E-state index contributed by atoms with van der Waals surface area (Å²) in [6, 6.07) is 11.7. The van der Waals surface area contributed by atoms with Crippen LogP contribution in [0, 0.1) is 11.3 Å². The van der Waals surface area contributed by atoms with E-state index in [1.807, 2.05) is 48.6 Å². The lowest BCUT2D eigenvalue weighted by molar-refractivity contribution is -0.147. The predicted octanol–water partition coefficient (Wildman–Crippen LogP) is 4.91. The number of carbonyl (C=O) groups is 1. The highest BCUT2D eigenvalue weighted by molar-refractivity contribution is 5.94. The van der Waals surface area contributed by atoms with Gasteiger partial charge < -0.3 is 4.74 Å². The molecule has 0 aliphatic heterocycles. The van der Waals surface area contributed by atoms with Crippen molar-refractivity contribution in [1.29, 1.82) is 5.26 Å². The third-order valence-corrected chi connectivity index (χ3v) is 3.85. The topological polar surface area (TPSA) is 50.1 Å². The molecule has 0 aromatic heterocycles. The maximum atomic E-state index is 12.5. The van der Waals surface area contributed by atoms with Crippen LogP contribution < -0.4 is 0 Å². The number of hydrogen-bond donors (Lipinski definition) is 0. The summed E-state index contributed by atoms with van der Waals surface area (Å²) in [5.41, 5.74) is 2.04. The molecule has 126 valence electrons. The van der Waals surface area contributed by atoms with E-state index >= 15 is 0 Å². The molecule has 0 radical (unpaired) electrons. The molecule has 0 bridgehead atoms. The maximum absolute atomic E-state index is 12.5. The van der Waals surface area contributed by atoms with E-state index in [2.05, 4.69) is 6.58 Å². The fourth-order valence-corrected chi connectivity index (χ4v) is 2.26. The van der Waals surface area contributed by atoms with Gasteiger partial charge in [0.25, 0.3) is 0 Å². The van der Waals surface area contributed by atoms with Gasteiger partial charge in [-0.1, -0.05) is 67.3 Å². The molecule has 0 heterocycles. The van der Waals surface area contributed by atoms with Crippen LogP contribution in [0.1, 0.15) is 24.8 Å². The first-order valence-electron chi connectivity index (χ1n) is 8.28. The summed E-state index contributed by atoms with van der Waals surface area (Å²) in [6.45, 7) is 3.67. The quantitative estimate of drug-likeness (QED) is 0.308. The third kappa shape index (κ3) is 5.78. The van der Waals surface area contributed by atoms with Gasteiger partial charge in [-0.25, -0.2) is 4.79 Å². The third-order valence-electron chi connectivity index (χ3n) is 3.85. The minimum absolute atomic E-state index is 0.0132. The van der Waals surface area contributed by atoms with Crippen LogP contribution in [0.15, 0.2) is 84.5 Å². The lowest BCUT2D eigenvalue weighted by atomic mass is 9.96. The van der Waals surface area contributed by atoms with Gasteiger partial charge in [0.05, 0.1) is 11.6 Å². The highest BCUT2D eigenvalue weighted by atomic mass is 16.5. The van der Waals surface area contributed by atoms with Crippen molar-refractivity contribution in [2.75, 3.05) is 0 Å². The molecule has 0 spiro atoms. The van der Waals surface area contributed by atoms with Crippen LogP contribution in [0.4, 0.5) is 0 Å². The molecule has 3 nitrogen and oxygen atoms in total. The number of allylic oxidation sites excluding steroid dienone is 6. The summed E-state index contributed by atoms with van der Waals surface area (Å²) in [5, 5.41) is 8.84. The van der Waals surface area contributed by atoms with Crippen LogP contribution in [0.2, 0.25) is 0 Å². The molecular formula is C22H21NO2. The van der Waals surface area contributed by atoms with Crippen molar-refractivity contribution in [1.82, 2.24) is 0 Å². The van der Waals surface area contributed by atoms with E-state index in [9.17, 15) is 4.79 Å². The van der Waals surface area contributed by atoms with E-state index in [0.717, 1.165) is 24.8 Å². The van der Waals surface area contributed by atoms with Crippen molar-refractivity contribution in [3.05, 3.63) is 90.1 Å². The van der Waals surface area contributed by atoms with Crippen molar-refractivity contribution in [2.45, 2.75) is 25.4 Å². The number of carbonyl (C=O) groups excluding carboxylic acids is 1. The largest absolute Gasteiger partial charge is 0.459 e. The molecule has 1 aromatic carbocycles. The highest BCUT2D eigenvalue weighted by Gasteiger charge is 2.23. The molecule has 0 atom stereocenters. The van der Waals surface area contributed by atoms with E-state index in [0.29, 0.717) is 11.1 Å². The summed E-state index contributed by atoms with van der Waals surface area (Å²) < 4.78 is 5.51. The molecule has 3 heteroatoms. The minimum Gasteiger partial charge on any atom is -0.459 e. The molecule has 25 heavy (non-hydrogen) atoms. The van der Waals surface area contributed by atoms with E-state index in [4.69, 9.17) is 10.00 Å². The van der Waals surface area contributed by atoms with Crippen molar-refractivity contribution >= 4 is 12.0 Å². The Morgan fingerprint density at radius 3 is 2.56 bits per heavy atom. The van der Waals surface area contributed by atoms with Crippen LogP contribution in [0.3, 0.4) is 0 Å². The molecule has 1 aliphatic carbocycles. The van der Waals surface area contributed by atoms with Gasteiger partial charge in [0.2, 0.25) is 0 Å². The molecule has 0 amide bonds. The van der Waals surface area contributed by atoms with Gasteiger partial charge in [-0.05, 0) is 36.5 Å². The second kappa shape index (κ2) is 9.89. The monoisotopic (exact) mass is 331 g/mol. The first-order valence-corrected chi connectivity index (χ1v) is 8.28. The first kappa shape index (κ1) is 18.2. The van der Waals surface area contributed by atoms with Gasteiger partial charge in [0.15, 0.2) is 0 Å². The molecule has 0 saturated heterocycles. The molecule has 1 fully saturated rings. The second-order valence-corrected chi connectivity index (χ2v) is 5.63. The average molecular weight is 331 g/mol. The van der Waals surface area contributed by atoms with Crippen molar-refractivity contribution in [3.8, 4) is 6.07 Å². The number of rotatable bonds is 7. The Morgan fingerprint density at radius 1 is 1.20 bits per heavy atom. The molecule has 0 N–H and O–H groups in total. The number of benzene rings is 1. The van der Waals surface area contributed by atoms with Gasteiger partial charge in [0, 0.05) is 6.08 Å². The van der Waals surface area contributed by atoms with E-state index in [1.54, 1.807) is 18.2 Å². The summed E-state index contributed by atoms with van der Waals surface area (Å²) in [4.78, 5) is 12.5. The van der Waals surface area contributed by atoms with Crippen LogP contribution >= 0.6 is 0 Å². The summed E-state index contributed by atoms with van der Waals surface area (Å²) in [7, 11) is 0. The Bertz CT molecular complexity index is 757. The lowest BCUT2D eigenvalue weighted by Gasteiger charge is -2.25. The van der Waals surface area contributed by atoms with Gasteiger partial charge >= 0.3 is 5.97 Å². The Morgan fingerprint density at radius 2 is 1.96 bits per heavy atom. The number of nitrogens with zero attached hydrogens (tertiary/aromatic N) is 1. The van der Waals surface area contributed by atoms with E-state index in [-0.39, 0.29) is 6.10 Å². The smallest absolute Gasteiger partial charge is 0.339 e. The van der Waals surface area contributed by atoms with E-state index < -0.39 is 5.97 Å². The van der Waals surface area contributed by atoms with Crippen LogP contribution in [0.25, 0.3) is 6.08 Å². The minimum atomic E-state index is -0.405. The molecule has 2 rings (SSSR count). The normalized spacial score (nSPS) is 15.8. The molecule has 1 saturated carbocycles. The highest BCUT2D eigenvalue weighted by Crippen LogP contribution is 2.24. The van der Waals surface area contributed by atoms with Crippen molar-refractivity contribution in [2.24, 2.45) is 0 Å². The van der Waals surface area contributed by atoms with Crippen LogP contribution in [0.5, 0.6) is 0 Å². The number of esters is 1. The molecule has 0 unspecified atom stereocenters. The molecular weight excluding hydrogens is 310 g/mol. The molecule has 1 aromatic rings. The predicted molar refractivity (Wildman–Crippen MR) is 100 cm³/mol. The number of nitriles is 1. The Kier molecular flexibility index (Phi) is 7.21. The zero-order chi connectivity index (χ0) is 17.9. The standard InChI is InChI=1S/C22H21NO2/c1-2-3-11-19(16-15-18-9-5-4-6-10-18)21(14-8-17-23)22(24)25-20-12-7-13-20/h2-6,8-11,14-16,20H,1,7,12-13H2. The maximum Gasteiger partial charge on any atom is 0.339 e. The average Bonchev–Trinajstić information content (AvgIpc) is 2.60. The Hall–Kier alpha value is -3.12. The first-order chi connectivity index (χ1) is 12.2. The zero-order valence-corrected chi connectivity index (χ0v) is 14.1. The fraction of sp³-hybridized carbons (Fsp3) is 0.182. The van der Waals surface area contributed by atoms with Crippen LogP contribution in [-0.4, -0.2) is 12.1 Å².